The van der Waals surface area contributed by atoms with Crippen molar-refractivity contribution < 1.29 is 4.79 Å². The predicted molar refractivity (Wildman–Crippen MR) is 63.2 cm³/mol. The van der Waals surface area contributed by atoms with E-state index in [-0.39, 0.29) is 12.3 Å². The van der Waals surface area contributed by atoms with Crippen LogP contribution in [0.3, 0.4) is 0 Å². The minimum Gasteiger partial charge on any atom is -0.301 e. The molecule has 0 aliphatic carbocycles. The zero-order valence-corrected chi connectivity index (χ0v) is 9.47. The number of thiazole rings is 1. The first-order valence-electron chi connectivity index (χ1n) is 4.73. The number of nitrogens with zero attached hydrogens (tertiary/aromatic N) is 2. The Labute approximate surface area is 96.5 Å². The van der Waals surface area contributed by atoms with Crippen LogP contribution in [0.1, 0.15) is 12.0 Å². The van der Waals surface area contributed by atoms with E-state index in [4.69, 9.17) is 5.26 Å². The molecule has 1 heterocycles. The van der Waals surface area contributed by atoms with Crippen molar-refractivity contribution in [2.45, 2.75) is 13.3 Å². The zero-order valence-electron chi connectivity index (χ0n) is 8.65. The van der Waals surface area contributed by atoms with Crippen LogP contribution in [0.4, 0.5) is 5.13 Å². The number of aromatic nitrogens is 1. The molecular weight excluding hydrogens is 222 g/mol. The van der Waals surface area contributed by atoms with Crippen LogP contribution in [0.5, 0.6) is 0 Å². The van der Waals surface area contributed by atoms with Crippen molar-refractivity contribution in [2.75, 3.05) is 5.32 Å². The zero-order chi connectivity index (χ0) is 11.5. The molecule has 2 aromatic rings. The molecule has 0 spiro atoms. The highest BCUT2D eigenvalue weighted by Crippen LogP contribution is 2.26. The number of amides is 1. The first-order chi connectivity index (χ1) is 7.69. The number of hydrogen-bond donors (Lipinski definition) is 1. The van der Waals surface area contributed by atoms with Crippen molar-refractivity contribution in [2.24, 2.45) is 0 Å². The highest BCUT2D eigenvalue weighted by molar-refractivity contribution is 7.22. The molecule has 0 aliphatic rings. The Kier molecular flexibility index (Phi) is 2.84. The number of fused-ring (bicyclic) bond motifs is 1. The standard InChI is InChI=1S/C11H9N3OS/c1-7-2-3-8-9(6-7)16-11(13-8)14-10(15)4-5-12/h2-3,6H,4H2,1H3,(H,13,14,15). The summed E-state index contributed by atoms with van der Waals surface area (Å²) < 4.78 is 1.03. The van der Waals surface area contributed by atoms with E-state index >= 15 is 0 Å². The molecule has 2 rings (SSSR count). The number of nitriles is 1. The van der Waals surface area contributed by atoms with Gasteiger partial charge in [-0.2, -0.15) is 5.26 Å². The first-order valence-corrected chi connectivity index (χ1v) is 5.54. The Hall–Kier alpha value is -1.93. The van der Waals surface area contributed by atoms with Crippen LogP contribution in [0.2, 0.25) is 0 Å². The SMILES string of the molecule is Cc1ccc2nc(NC(=O)CC#N)sc2c1. The van der Waals surface area contributed by atoms with Gasteiger partial charge < -0.3 is 5.32 Å². The van der Waals surface area contributed by atoms with Crippen LogP contribution < -0.4 is 5.32 Å². The Morgan fingerprint density at radius 3 is 3.19 bits per heavy atom. The van der Waals surface area contributed by atoms with Gasteiger partial charge in [0.1, 0.15) is 6.42 Å². The van der Waals surface area contributed by atoms with E-state index in [0.29, 0.717) is 5.13 Å². The average molecular weight is 231 g/mol. The second-order valence-electron chi connectivity index (χ2n) is 3.37. The van der Waals surface area contributed by atoms with Crippen molar-refractivity contribution in [3.8, 4) is 6.07 Å². The minimum absolute atomic E-state index is 0.144. The third kappa shape index (κ3) is 2.18. The Balaban J connectivity index is 2.27. The van der Waals surface area contributed by atoms with Gasteiger partial charge in [0.25, 0.3) is 0 Å². The molecule has 0 aliphatic heterocycles. The van der Waals surface area contributed by atoms with Gasteiger partial charge in [0.2, 0.25) is 5.91 Å². The van der Waals surface area contributed by atoms with Crippen LogP contribution >= 0.6 is 11.3 Å². The van der Waals surface area contributed by atoms with Gasteiger partial charge in [-0.15, -0.1) is 0 Å². The Bertz CT molecular complexity index is 582. The number of hydrogen-bond acceptors (Lipinski definition) is 4. The van der Waals surface area contributed by atoms with Crippen molar-refractivity contribution in [1.29, 1.82) is 5.26 Å². The number of aryl methyl sites for hydroxylation is 1. The summed E-state index contributed by atoms with van der Waals surface area (Å²) in [5.41, 5.74) is 2.02. The second kappa shape index (κ2) is 4.29. The van der Waals surface area contributed by atoms with E-state index < -0.39 is 0 Å². The maximum atomic E-state index is 11.2. The molecule has 0 saturated carbocycles. The Morgan fingerprint density at radius 1 is 1.62 bits per heavy atom. The summed E-state index contributed by atoms with van der Waals surface area (Å²) in [6, 6.07) is 7.71. The molecule has 5 heteroatoms. The molecule has 0 unspecified atom stereocenters. The summed E-state index contributed by atoms with van der Waals surface area (Å²) in [6.45, 7) is 2.01. The van der Waals surface area contributed by atoms with Gasteiger partial charge in [-0.1, -0.05) is 17.4 Å². The van der Waals surface area contributed by atoms with Crippen LogP contribution in [0, 0.1) is 18.3 Å². The summed E-state index contributed by atoms with van der Waals surface area (Å²) in [5, 5.41) is 11.5. The van der Waals surface area contributed by atoms with Gasteiger partial charge >= 0.3 is 0 Å². The molecule has 0 saturated heterocycles. The minimum atomic E-state index is -0.321. The van der Waals surface area contributed by atoms with Crippen LogP contribution in [-0.4, -0.2) is 10.9 Å². The van der Waals surface area contributed by atoms with Crippen molar-refractivity contribution in [3.05, 3.63) is 23.8 Å². The third-order valence-corrected chi connectivity index (χ3v) is 2.96. The fourth-order valence-electron chi connectivity index (χ4n) is 1.32. The monoisotopic (exact) mass is 231 g/mol. The molecule has 1 aromatic carbocycles. The van der Waals surface area contributed by atoms with Gasteiger partial charge in [-0.3, -0.25) is 4.79 Å². The summed E-state index contributed by atoms with van der Waals surface area (Å²) in [7, 11) is 0. The lowest BCUT2D eigenvalue weighted by Gasteiger charge is -1.94. The Morgan fingerprint density at radius 2 is 2.44 bits per heavy atom. The smallest absolute Gasteiger partial charge is 0.240 e. The van der Waals surface area contributed by atoms with Gasteiger partial charge in [-0.25, -0.2) is 4.98 Å². The number of anilines is 1. The molecule has 4 nitrogen and oxygen atoms in total. The lowest BCUT2D eigenvalue weighted by Crippen LogP contribution is -2.09. The van der Waals surface area contributed by atoms with Gasteiger partial charge in [0.05, 0.1) is 16.3 Å². The fourth-order valence-corrected chi connectivity index (χ4v) is 2.30. The van der Waals surface area contributed by atoms with Gasteiger partial charge in [0, 0.05) is 0 Å². The van der Waals surface area contributed by atoms with Crippen LogP contribution in [0.25, 0.3) is 10.2 Å². The second-order valence-corrected chi connectivity index (χ2v) is 4.40. The fraction of sp³-hybridized carbons (Fsp3) is 0.182. The molecule has 1 N–H and O–H groups in total. The highest BCUT2D eigenvalue weighted by Gasteiger charge is 2.07. The van der Waals surface area contributed by atoms with Crippen molar-refractivity contribution >= 4 is 32.6 Å². The van der Waals surface area contributed by atoms with Crippen LogP contribution in [-0.2, 0) is 4.79 Å². The lowest BCUT2D eigenvalue weighted by atomic mass is 10.2. The normalized spacial score (nSPS) is 10.0. The number of rotatable bonds is 2. The van der Waals surface area contributed by atoms with Crippen LogP contribution in [0.15, 0.2) is 18.2 Å². The van der Waals surface area contributed by atoms with Gasteiger partial charge in [0.15, 0.2) is 5.13 Å². The molecule has 0 fully saturated rings. The van der Waals surface area contributed by atoms with Crippen molar-refractivity contribution in [3.63, 3.8) is 0 Å². The number of carbonyl (C=O) groups is 1. The number of benzene rings is 1. The third-order valence-electron chi connectivity index (χ3n) is 2.03. The van der Waals surface area contributed by atoms with E-state index in [0.717, 1.165) is 15.8 Å². The largest absolute Gasteiger partial charge is 0.301 e. The summed E-state index contributed by atoms with van der Waals surface area (Å²) >= 11 is 1.41. The highest BCUT2D eigenvalue weighted by atomic mass is 32.1. The van der Waals surface area contributed by atoms with Gasteiger partial charge in [-0.05, 0) is 24.6 Å². The molecule has 1 amide bonds. The summed E-state index contributed by atoms with van der Waals surface area (Å²) in [4.78, 5) is 15.4. The number of carbonyl (C=O) groups excluding carboxylic acids is 1. The maximum Gasteiger partial charge on any atom is 0.240 e. The van der Waals surface area contributed by atoms with E-state index in [1.54, 1.807) is 6.07 Å². The maximum absolute atomic E-state index is 11.2. The van der Waals surface area contributed by atoms with E-state index in [1.807, 2.05) is 25.1 Å². The summed E-state index contributed by atoms with van der Waals surface area (Å²) in [5.74, 6) is -0.321. The molecule has 0 radical (unpaired) electrons. The van der Waals surface area contributed by atoms with Crippen molar-refractivity contribution in [1.82, 2.24) is 4.98 Å². The average Bonchev–Trinajstić information content (AvgIpc) is 2.59. The molecule has 1 aromatic heterocycles. The molecule has 16 heavy (non-hydrogen) atoms. The molecule has 0 atom stereocenters. The van der Waals surface area contributed by atoms with E-state index in [2.05, 4.69) is 10.3 Å². The first kappa shape index (κ1) is 10.6. The van der Waals surface area contributed by atoms with E-state index in [1.165, 1.54) is 11.3 Å². The lowest BCUT2D eigenvalue weighted by molar-refractivity contribution is -0.115. The number of nitrogens with one attached hydrogen (secondary N) is 1. The molecule has 80 valence electrons. The predicted octanol–water partition coefficient (Wildman–Crippen LogP) is 2.46. The summed E-state index contributed by atoms with van der Waals surface area (Å²) in [6.07, 6.45) is -0.144. The van der Waals surface area contributed by atoms with E-state index in [9.17, 15) is 4.79 Å². The molecular formula is C11H9N3OS. The topological polar surface area (TPSA) is 65.8 Å². The molecule has 0 bridgehead atoms. The quantitative estimate of drug-likeness (QED) is 0.863.